The van der Waals surface area contributed by atoms with Crippen molar-refractivity contribution < 1.29 is 0 Å². The number of likely N-dealkylation sites (tertiary alicyclic amines) is 1. The highest BCUT2D eigenvalue weighted by Gasteiger charge is 2.18. The first-order valence-corrected chi connectivity index (χ1v) is 8.27. The summed E-state index contributed by atoms with van der Waals surface area (Å²) < 4.78 is 1.88. The molecule has 0 bridgehead atoms. The molecule has 7 nitrogen and oxygen atoms in total. The van der Waals surface area contributed by atoms with Gasteiger partial charge in [0, 0.05) is 43.4 Å². The summed E-state index contributed by atoms with van der Waals surface area (Å²) in [6.45, 7) is 2.74. The fraction of sp³-hybridized carbons (Fsp3) is 0.353. The van der Waals surface area contributed by atoms with Crippen LogP contribution >= 0.6 is 0 Å². The molecule has 0 spiro atoms. The zero-order valence-electron chi connectivity index (χ0n) is 13.5. The molecule has 4 heterocycles. The number of piperidine rings is 1. The summed E-state index contributed by atoms with van der Waals surface area (Å²) in [6.07, 6.45) is 7.54. The molecule has 3 aromatic heterocycles. The van der Waals surface area contributed by atoms with Crippen LogP contribution in [0.3, 0.4) is 0 Å². The van der Waals surface area contributed by atoms with E-state index in [1.54, 1.807) is 12.4 Å². The van der Waals surface area contributed by atoms with Gasteiger partial charge in [0.15, 0.2) is 11.6 Å². The normalized spacial score (nSPS) is 16.5. The van der Waals surface area contributed by atoms with Gasteiger partial charge in [-0.25, -0.2) is 9.50 Å². The Kier molecular flexibility index (Phi) is 4.10. The number of rotatable bonds is 4. The van der Waals surface area contributed by atoms with E-state index in [0.717, 1.165) is 55.3 Å². The van der Waals surface area contributed by atoms with E-state index in [1.807, 2.05) is 35.0 Å². The zero-order chi connectivity index (χ0) is 16.4. The Hall–Kier alpha value is -2.51. The molecule has 1 fully saturated rings. The molecule has 0 saturated carbocycles. The van der Waals surface area contributed by atoms with Crippen molar-refractivity contribution in [2.24, 2.45) is 5.73 Å². The first-order chi connectivity index (χ1) is 11.8. The van der Waals surface area contributed by atoms with Crippen LogP contribution in [0, 0.1) is 0 Å². The lowest BCUT2D eigenvalue weighted by atomic mass is 10.1. The van der Waals surface area contributed by atoms with Crippen LogP contribution in [0.1, 0.15) is 18.7 Å². The molecule has 3 aromatic rings. The SMILES string of the molecule is NC1CCN(Cc2nc(Nc3ccncc3)c3cccn3n2)CC1. The Morgan fingerprint density at radius 1 is 1.17 bits per heavy atom. The number of hydrogen-bond acceptors (Lipinski definition) is 6. The topological polar surface area (TPSA) is 84.4 Å². The van der Waals surface area contributed by atoms with Gasteiger partial charge in [-0.3, -0.25) is 9.88 Å². The third-order valence-electron chi connectivity index (χ3n) is 4.38. The van der Waals surface area contributed by atoms with Gasteiger partial charge < -0.3 is 11.1 Å². The molecule has 7 heteroatoms. The van der Waals surface area contributed by atoms with Gasteiger partial charge in [0.1, 0.15) is 5.52 Å². The molecule has 1 aliphatic heterocycles. The van der Waals surface area contributed by atoms with Gasteiger partial charge in [-0.15, -0.1) is 0 Å². The number of anilines is 2. The van der Waals surface area contributed by atoms with Crippen LogP contribution in [0.2, 0.25) is 0 Å². The highest BCUT2D eigenvalue weighted by molar-refractivity contribution is 5.72. The monoisotopic (exact) mass is 323 g/mol. The van der Waals surface area contributed by atoms with Crippen LogP contribution in [-0.2, 0) is 6.54 Å². The van der Waals surface area contributed by atoms with E-state index in [-0.39, 0.29) is 0 Å². The summed E-state index contributed by atoms with van der Waals surface area (Å²) in [6, 6.07) is 8.16. The van der Waals surface area contributed by atoms with Gasteiger partial charge in [-0.05, 0) is 37.1 Å². The minimum Gasteiger partial charge on any atom is -0.338 e. The van der Waals surface area contributed by atoms with Crippen LogP contribution in [0.25, 0.3) is 5.52 Å². The van der Waals surface area contributed by atoms with Crippen molar-refractivity contribution in [2.75, 3.05) is 18.4 Å². The smallest absolute Gasteiger partial charge is 0.165 e. The summed E-state index contributed by atoms with van der Waals surface area (Å²) in [5.41, 5.74) is 7.90. The molecule has 1 saturated heterocycles. The van der Waals surface area contributed by atoms with Crippen molar-refractivity contribution in [3.05, 3.63) is 48.7 Å². The summed E-state index contributed by atoms with van der Waals surface area (Å²) >= 11 is 0. The zero-order valence-corrected chi connectivity index (χ0v) is 13.5. The number of pyridine rings is 1. The molecule has 0 unspecified atom stereocenters. The van der Waals surface area contributed by atoms with Crippen molar-refractivity contribution in [1.29, 1.82) is 0 Å². The molecule has 124 valence electrons. The number of hydrogen-bond donors (Lipinski definition) is 2. The predicted octanol–water partition coefficient (Wildman–Crippen LogP) is 1.79. The molecule has 0 aromatic carbocycles. The van der Waals surface area contributed by atoms with E-state index in [4.69, 9.17) is 10.7 Å². The molecule has 0 amide bonds. The van der Waals surface area contributed by atoms with Gasteiger partial charge in [0.2, 0.25) is 0 Å². The molecule has 1 aliphatic rings. The minimum atomic E-state index is 0.331. The van der Waals surface area contributed by atoms with Crippen molar-refractivity contribution in [2.45, 2.75) is 25.4 Å². The Morgan fingerprint density at radius 2 is 1.96 bits per heavy atom. The van der Waals surface area contributed by atoms with Crippen LogP contribution in [-0.4, -0.2) is 43.6 Å². The van der Waals surface area contributed by atoms with E-state index in [2.05, 4.69) is 20.3 Å². The van der Waals surface area contributed by atoms with E-state index in [0.29, 0.717) is 6.04 Å². The average molecular weight is 323 g/mol. The number of fused-ring (bicyclic) bond motifs is 1. The lowest BCUT2D eigenvalue weighted by molar-refractivity contribution is 0.200. The van der Waals surface area contributed by atoms with Crippen LogP contribution in [0.4, 0.5) is 11.5 Å². The van der Waals surface area contributed by atoms with Gasteiger partial charge in [0.25, 0.3) is 0 Å². The first kappa shape index (κ1) is 15.0. The standard InChI is InChI=1S/C17H21N7/c18-13-5-10-23(11-6-13)12-16-21-17(15-2-1-9-24(15)22-16)20-14-3-7-19-8-4-14/h1-4,7-9,13H,5-6,10-12,18H2,(H,19,20,21,22). The Balaban J connectivity index is 1.60. The van der Waals surface area contributed by atoms with Gasteiger partial charge in [0.05, 0.1) is 6.54 Å². The maximum Gasteiger partial charge on any atom is 0.165 e. The van der Waals surface area contributed by atoms with Crippen molar-refractivity contribution in [1.82, 2.24) is 24.5 Å². The molecule has 24 heavy (non-hydrogen) atoms. The highest BCUT2D eigenvalue weighted by atomic mass is 15.3. The second-order valence-electron chi connectivity index (χ2n) is 6.19. The quantitative estimate of drug-likeness (QED) is 0.761. The van der Waals surface area contributed by atoms with Crippen LogP contribution < -0.4 is 11.1 Å². The van der Waals surface area contributed by atoms with Crippen molar-refractivity contribution in [3.63, 3.8) is 0 Å². The number of nitrogens with one attached hydrogen (secondary N) is 1. The predicted molar refractivity (Wildman–Crippen MR) is 93.0 cm³/mol. The summed E-state index contributed by atoms with van der Waals surface area (Å²) in [4.78, 5) is 11.2. The fourth-order valence-corrected chi connectivity index (χ4v) is 3.02. The average Bonchev–Trinajstić information content (AvgIpc) is 3.07. The summed E-state index contributed by atoms with van der Waals surface area (Å²) in [5, 5.41) is 8.00. The third kappa shape index (κ3) is 3.22. The second-order valence-corrected chi connectivity index (χ2v) is 6.19. The number of nitrogens with zero attached hydrogens (tertiary/aromatic N) is 5. The van der Waals surface area contributed by atoms with E-state index in [1.165, 1.54) is 0 Å². The Labute approximate surface area is 140 Å². The van der Waals surface area contributed by atoms with Crippen molar-refractivity contribution >= 4 is 17.0 Å². The van der Waals surface area contributed by atoms with E-state index in [9.17, 15) is 0 Å². The molecule has 0 atom stereocenters. The Morgan fingerprint density at radius 3 is 2.75 bits per heavy atom. The molecular formula is C17H21N7. The van der Waals surface area contributed by atoms with Gasteiger partial charge >= 0.3 is 0 Å². The molecule has 4 rings (SSSR count). The van der Waals surface area contributed by atoms with Gasteiger partial charge in [-0.2, -0.15) is 5.10 Å². The largest absolute Gasteiger partial charge is 0.338 e. The molecule has 3 N–H and O–H groups in total. The van der Waals surface area contributed by atoms with Gasteiger partial charge in [-0.1, -0.05) is 0 Å². The molecule has 0 radical (unpaired) electrons. The minimum absolute atomic E-state index is 0.331. The maximum absolute atomic E-state index is 5.98. The van der Waals surface area contributed by atoms with Crippen LogP contribution in [0.15, 0.2) is 42.9 Å². The third-order valence-corrected chi connectivity index (χ3v) is 4.38. The summed E-state index contributed by atoms with van der Waals surface area (Å²) in [5.74, 6) is 1.62. The second kappa shape index (κ2) is 6.54. The maximum atomic E-state index is 5.98. The van der Waals surface area contributed by atoms with E-state index < -0.39 is 0 Å². The number of nitrogens with two attached hydrogens (primary N) is 1. The highest BCUT2D eigenvalue weighted by Crippen LogP contribution is 2.20. The van der Waals surface area contributed by atoms with Crippen LogP contribution in [0.5, 0.6) is 0 Å². The Bertz CT molecular complexity index is 806. The van der Waals surface area contributed by atoms with Crippen molar-refractivity contribution in [3.8, 4) is 0 Å². The summed E-state index contributed by atoms with van der Waals surface area (Å²) in [7, 11) is 0. The molecular weight excluding hydrogens is 302 g/mol. The lowest BCUT2D eigenvalue weighted by Gasteiger charge is -2.29. The fourth-order valence-electron chi connectivity index (χ4n) is 3.02. The first-order valence-electron chi connectivity index (χ1n) is 8.27. The van der Waals surface area contributed by atoms with E-state index >= 15 is 0 Å². The molecule has 0 aliphatic carbocycles. The lowest BCUT2D eigenvalue weighted by Crippen LogP contribution is -2.39. The number of aromatic nitrogens is 4.